The fourth-order valence-corrected chi connectivity index (χ4v) is 3.19. The van der Waals surface area contributed by atoms with Crippen molar-refractivity contribution in [3.8, 4) is 5.75 Å². The Labute approximate surface area is 125 Å². The number of benzene rings is 1. The Hall–Kier alpha value is -1.55. The maximum atomic E-state index is 11.6. The first-order valence-corrected chi connectivity index (χ1v) is 7.98. The molecule has 3 rings (SSSR count). The summed E-state index contributed by atoms with van der Waals surface area (Å²) in [5, 5.41) is 3.61. The van der Waals surface area contributed by atoms with Crippen LogP contribution in [0.4, 0.5) is 0 Å². The smallest absolute Gasteiger partial charge is 0.347 e. The highest BCUT2D eigenvalue weighted by molar-refractivity contribution is 5.76. The highest BCUT2D eigenvalue weighted by atomic mass is 16.6. The van der Waals surface area contributed by atoms with Gasteiger partial charge in [-0.1, -0.05) is 19.1 Å². The summed E-state index contributed by atoms with van der Waals surface area (Å²) in [4.78, 5) is 11.6. The summed E-state index contributed by atoms with van der Waals surface area (Å²) in [6, 6.07) is 6.60. The summed E-state index contributed by atoms with van der Waals surface area (Å²) in [5.41, 5.74) is 2.59. The van der Waals surface area contributed by atoms with E-state index in [1.165, 1.54) is 17.5 Å². The van der Waals surface area contributed by atoms with Crippen molar-refractivity contribution in [1.29, 1.82) is 0 Å². The van der Waals surface area contributed by atoms with Gasteiger partial charge in [0.1, 0.15) is 5.75 Å². The zero-order chi connectivity index (χ0) is 14.7. The summed E-state index contributed by atoms with van der Waals surface area (Å²) in [6.45, 7) is 3.69. The standard InChI is InChI=1S/C17H23NO3/c1-2-10-18-14-7-3-6-13-12(14)5-4-8-15(13)21-16-9-11-20-17(16)19/h4-5,8,14,16,18H,2-3,6-7,9-11H2,1H3. The predicted octanol–water partition coefficient (Wildman–Crippen LogP) is 2.76. The number of rotatable bonds is 5. The van der Waals surface area contributed by atoms with Crippen LogP contribution in [0.1, 0.15) is 49.8 Å². The van der Waals surface area contributed by atoms with E-state index in [9.17, 15) is 4.79 Å². The minimum atomic E-state index is -0.430. The molecule has 1 aliphatic carbocycles. The Morgan fingerprint density at radius 1 is 1.38 bits per heavy atom. The van der Waals surface area contributed by atoms with Crippen LogP contribution in [0.2, 0.25) is 0 Å². The van der Waals surface area contributed by atoms with Crippen molar-refractivity contribution in [1.82, 2.24) is 5.32 Å². The lowest BCUT2D eigenvalue weighted by Gasteiger charge is -2.28. The molecular formula is C17H23NO3. The van der Waals surface area contributed by atoms with Crippen LogP contribution in [0.3, 0.4) is 0 Å². The molecule has 1 fully saturated rings. The molecule has 0 saturated carbocycles. The second-order valence-electron chi connectivity index (χ2n) is 5.79. The predicted molar refractivity (Wildman–Crippen MR) is 80.4 cm³/mol. The lowest BCUT2D eigenvalue weighted by atomic mass is 9.87. The van der Waals surface area contributed by atoms with Gasteiger partial charge in [-0.3, -0.25) is 0 Å². The topological polar surface area (TPSA) is 47.6 Å². The van der Waals surface area contributed by atoms with E-state index >= 15 is 0 Å². The van der Waals surface area contributed by atoms with E-state index in [2.05, 4.69) is 18.3 Å². The van der Waals surface area contributed by atoms with Crippen LogP contribution in [-0.4, -0.2) is 25.2 Å². The van der Waals surface area contributed by atoms with Gasteiger partial charge in [-0.15, -0.1) is 0 Å². The zero-order valence-corrected chi connectivity index (χ0v) is 12.6. The van der Waals surface area contributed by atoms with Gasteiger partial charge in [0, 0.05) is 12.5 Å². The molecule has 114 valence electrons. The molecule has 0 bridgehead atoms. The molecule has 1 aliphatic heterocycles. The third kappa shape index (κ3) is 3.05. The highest BCUT2D eigenvalue weighted by Gasteiger charge is 2.30. The number of hydrogen-bond donors (Lipinski definition) is 1. The monoisotopic (exact) mass is 289 g/mol. The van der Waals surface area contributed by atoms with Gasteiger partial charge in [0.15, 0.2) is 6.10 Å². The number of carbonyl (C=O) groups is 1. The molecule has 2 aliphatic rings. The van der Waals surface area contributed by atoms with Crippen molar-refractivity contribution in [3.63, 3.8) is 0 Å². The van der Waals surface area contributed by atoms with E-state index in [-0.39, 0.29) is 5.97 Å². The first kappa shape index (κ1) is 14.4. The molecule has 0 amide bonds. The van der Waals surface area contributed by atoms with Gasteiger partial charge in [0.05, 0.1) is 6.61 Å². The van der Waals surface area contributed by atoms with E-state index in [4.69, 9.17) is 9.47 Å². The lowest BCUT2D eigenvalue weighted by Crippen LogP contribution is -2.27. The van der Waals surface area contributed by atoms with Crippen LogP contribution < -0.4 is 10.1 Å². The van der Waals surface area contributed by atoms with Crippen molar-refractivity contribution < 1.29 is 14.3 Å². The molecule has 2 atom stereocenters. The molecule has 1 heterocycles. The number of fused-ring (bicyclic) bond motifs is 1. The van der Waals surface area contributed by atoms with Gasteiger partial charge in [-0.2, -0.15) is 0 Å². The molecule has 21 heavy (non-hydrogen) atoms. The summed E-state index contributed by atoms with van der Waals surface area (Å²) in [7, 11) is 0. The van der Waals surface area contributed by atoms with Crippen LogP contribution in [0.5, 0.6) is 5.75 Å². The summed E-state index contributed by atoms with van der Waals surface area (Å²) in [6.07, 6.45) is 4.71. The summed E-state index contributed by atoms with van der Waals surface area (Å²) >= 11 is 0. The molecule has 0 radical (unpaired) electrons. The Morgan fingerprint density at radius 2 is 2.29 bits per heavy atom. The molecule has 1 aromatic carbocycles. The van der Waals surface area contributed by atoms with Gasteiger partial charge in [0.25, 0.3) is 0 Å². The molecule has 0 spiro atoms. The van der Waals surface area contributed by atoms with Crippen molar-refractivity contribution >= 4 is 5.97 Å². The second-order valence-corrected chi connectivity index (χ2v) is 5.79. The van der Waals surface area contributed by atoms with Crippen molar-refractivity contribution in [2.45, 2.75) is 51.2 Å². The number of carbonyl (C=O) groups excluding carboxylic acids is 1. The first-order chi connectivity index (χ1) is 10.3. The summed E-state index contributed by atoms with van der Waals surface area (Å²) < 4.78 is 10.9. The van der Waals surface area contributed by atoms with Crippen LogP contribution in [0, 0.1) is 0 Å². The van der Waals surface area contributed by atoms with Gasteiger partial charge < -0.3 is 14.8 Å². The Kier molecular flexibility index (Phi) is 4.44. The van der Waals surface area contributed by atoms with Crippen LogP contribution in [0.25, 0.3) is 0 Å². The van der Waals surface area contributed by atoms with E-state index in [1.54, 1.807) is 0 Å². The average molecular weight is 289 g/mol. The van der Waals surface area contributed by atoms with Gasteiger partial charge in [-0.05, 0) is 49.4 Å². The molecule has 2 unspecified atom stereocenters. The number of ether oxygens (including phenoxy) is 2. The maximum Gasteiger partial charge on any atom is 0.347 e. The minimum absolute atomic E-state index is 0.232. The van der Waals surface area contributed by atoms with E-state index in [1.807, 2.05) is 12.1 Å². The fourth-order valence-electron chi connectivity index (χ4n) is 3.19. The molecule has 4 nitrogen and oxygen atoms in total. The molecule has 1 N–H and O–H groups in total. The first-order valence-electron chi connectivity index (χ1n) is 7.98. The van der Waals surface area contributed by atoms with E-state index in [0.29, 0.717) is 19.1 Å². The van der Waals surface area contributed by atoms with E-state index in [0.717, 1.165) is 31.6 Å². The number of cyclic esters (lactones) is 1. The number of nitrogens with one attached hydrogen (secondary N) is 1. The summed E-state index contributed by atoms with van der Waals surface area (Å²) in [5.74, 6) is 0.628. The highest BCUT2D eigenvalue weighted by Crippen LogP contribution is 2.36. The number of hydrogen-bond acceptors (Lipinski definition) is 4. The normalized spacial score (nSPS) is 24.5. The van der Waals surface area contributed by atoms with Crippen molar-refractivity contribution in [2.75, 3.05) is 13.2 Å². The molecule has 0 aromatic heterocycles. The quantitative estimate of drug-likeness (QED) is 0.847. The Balaban J connectivity index is 1.81. The molecule has 1 aromatic rings. The third-order valence-electron chi connectivity index (χ3n) is 4.26. The van der Waals surface area contributed by atoms with Crippen molar-refractivity contribution in [3.05, 3.63) is 29.3 Å². The van der Waals surface area contributed by atoms with Crippen molar-refractivity contribution in [2.24, 2.45) is 0 Å². The number of esters is 1. The lowest BCUT2D eigenvalue weighted by molar-refractivity contribution is -0.143. The SMILES string of the molecule is CCCNC1CCCc2c(OC3CCOC3=O)cccc21. The Morgan fingerprint density at radius 3 is 3.05 bits per heavy atom. The van der Waals surface area contributed by atoms with E-state index < -0.39 is 6.10 Å². The minimum Gasteiger partial charge on any atom is -0.478 e. The maximum absolute atomic E-state index is 11.6. The average Bonchev–Trinajstić information content (AvgIpc) is 2.91. The van der Waals surface area contributed by atoms with Crippen LogP contribution >= 0.6 is 0 Å². The van der Waals surface area contributed by atoms with Gasteiger partial charge >= 0.3 is 5.97 Å². The van der Waals surface area contributed by atoms with Crippen LogP contribution in [-0.2, 0) is 16.0 Å². The second kappa shape index (κ2) is 6.48. The third-order valence-corrected chi connectivity index (χ3v) is 4.26. The van der Waals surface area contributed by atoms with Gasteiger partial charge in [-0.25, -0.2) is 4.79 Å². The molecular weight excluding hydrogens is 266 g/mol. The molecule has 1 saturated heterocycles. The van der Waals surface area contributed by atoms with Crippen LogP contribution in [0.15, 0.2) is 18.2 Å². The zero-order valence-electron chi connectivity index (χ0n) is 12.6. The Bertz CT molecular complexity index is 515. The fraction of sp³-hybridized carbons (Fsp3) is 0.588. The largest absolute Gasteiger partial charge is 0.478 e. The van der Waals surface area contributed by atoms with Gasteiger partial charge in [0.2, 0.25) is 0 Å². The molecule has 4 heteroatoms.